The zero-order valence-corrected chi connectivity index (χ0v) is 20.6. The Kier molecular flexibility index (Phi) is 6.43. The van der Waals surface area contributed by atoms with Crippen LogP contribution in [0, 0.1) is 18.7 Å². The summed E-state index contributed by atoms with van der Waals surface area (Å²) in [6.45, 7) is 4.30. The predicted octanol–water partition coefficient (Wildman–Crippen LogP) is 4.24. The molecule has 5 rings (SSSR count). The summed E-state index contributed by atoms with van der Waals surface area (Å²) < 4.78 is 42.5. The maximum atomic E-state index is 14.5. The molecule has 1 fully saturated rings. The molecule has 4 aromatic rings. The molecule has 1 saturated heterocycles. The van der Waals surface area contributed by atoms with Crippen LogP contribution in [0.2, 0.25) is 5.02 Å². The number of hydrogen-bond acceptors (Lipinski definition) is 7. The molecule has 35 heavy (non-hydrogen) atoms. The predicted molar refractivity (Wildman–Crippen MR) is 134 cm³/mol. The van der Waals surface area contributed by atoms with Crippen molar-refractivity contribution in [3.63, 3.8) is 0 Å². The lowest BCUT2D eigenvalue weighted by Crippen LogP contribution is -2.33. The minimum Gasteiger partial charge on any atom is -0.367 e. The molecular weight excluding hydrogens is 491 g/mol. The number of nitrogens with zero attached hydrogens (tertiary/aromatic N) is 4. The highest BCUT2D eigenvalue weighted by atomic mass is 35.5. The van der Waals surface area contributed by atoms with Gasteiger partial charge in [0, 0.05) is 29.9 Å². The van der Waals surface area contributed by atoms with E-state index in [9.17, 15) is 12.8 Å². The second-order valence-corrected chi connectivity index (χ2v) is 10.9. The summed E-state index contributed by atoms with van der Waals surface area (Å²) in [5.41, 5.74) is 1.50. The van der Waals surface area contributed by atoms with Crippen molar-refractivity contribution < 1.29 is 12.8 Å². The quantitative estimate of drug-likeness (QED) is 0.396. The summed E-state index contributed by atoms with van der Waals surface area (Å²) >= 11 is 6.19. The van der Waals surface area contributed by atoms with Gasteiger partial charge in [0.05, 0.1) is 16.1 Å². The van der Waals surface area contributed by atoms with Crippen molar-refractivity contribution in [1.82, 2.24) is 24.2 Å². The molecular formula is C24H24ClFN6O2S. The minimum atomic E-state index is -3.97. The van der Waals surface area contributed by atoms with Crippen LogP contribution < -0.4 is 10.6 Å². The van der Waals surface area contributed by atoms with Crippen molar-refractivity contribution in [3.8, 4) is 11.4 Å². The highest BCUT2D eigenvalue weighted by Gasteiger charge is 2.24. The average molecular weight is 515 g/mol. The summed E-state index contributed by atoms with van der Waals surface area (Å²) in [5, 5.41) is 7.20. The zero-order chi connectivity index (χ0) is 24.6. The molecule has 0 amide bonds. The highest BCUT2D eigenvalue weighted by Crippen LogP contribution is 2.32. The van der Waals surface area contributed by atoms with E-state index in [2.05, 4.69) is 25.6 Å². The van der Waals surface area contributed by atoms with Crippen LogP contribution >= 0.6 is 11.6 Å². The zero-order valence-electron chi connectivity index (χ0n) is 19.0. The van der Waals surface area contributed by atoms with Gasteiger partial charge in [-0.05, 0) is 57.0 Å². The van der Waals surface area contributed by atoms with Gasteiger partial charge in [0.1, 0.15) is 0 Å². The average Bonchev–Trinajstić information content (AvgIpc) is 3.24. The van der Waals surface area contributed by atoms with E-state index in [0.717, 1.165) is 41.7 Å². The molecule has 2 N–H and O–H groups in total. The molecule has 1 aliphatic heterocycles. The van der Waals surface area contributed by atoms with E-state index in [0.29, 0.717) is 28.4 Å². The normalized spacial score (nSPS) is 16.5. The number of aromatic nitrogens is 4. The van der Waals surface area contributed by atoms with Crippen molar-refractivity contribution in [2.24, 2.45) is 5.92 Å². The van der Waals surface area contributed by atoms with Gasteiger partial charge in [-0.1, -0.05) is 29.3 Å². The van der Waals surface area contributed by atoms with Gasteiger partial charge < -0.3 is 10.6 Å². The largest absolute Gasteiger partial charge is 0.367 e. The van der Waals surface area contributed by atoms with Crippen LogP contribution in [0.5, 0.6) is 0 Å². The molecule has 1 aromatic carbocycles. The lowest BCUT2D eigenvalue weighted by molar-refractivity contribution is 0.392. The third-order valence-electron chi connectivity index (χ3n) is 6.10. The number of pyridine rings is 1. The monoisotopic (exact) mass is 514 g/mol. The lowest BCUT2D eigenvalue weighted by Gasteiger charge is -2.23. The number of halogens is 2. The van der Waals surface area contributed by atoms with Gasteiger partial charge in [0.15, 0.2) is 23.1 Å². The summed E-state index contributed by atoms with van der Waals surface area (Å²) in [7, 11) is -3.97. The smallest absolute Gasteiger partial charge is 0.269 e. The minimum absolute atomic E-state index is 0.0675. The molecule has 0 bridgehead atoms. The van der Waals surface area contributed by atoms with Gasteiger partial charge in [0.2, 0.25) is 0 Å². The molecule has 3 aromatic heterocycles. The van der Waals surface area contributed by atoms with E-state index < -0.39 is 15.8 Å². The Labute approximate surface area is 207 Å². The summed E-state index contributed by atoms with van der Waals surface area (Å²) in [4.78, 5) is 12.9. The Balaban J connectivity index is 1.57. The van der Waals surface area contributed by atoms with Crippen molar-refractivity contribution in [2.45, 2.75) is 24.7 Å². The molecule has 0 radical (unpaired) electrons. The van der Waals surface area contributed by atoms with Gasteiger partial charge in [-0.3, -0.25) is 0 Å². The highest BCUT2D eigenvalue weighted by molar-refractivity contribution is 7.90. The number of aryl methyl sites for hydroxylation is 1. The second-order valence-electron chi connectivity index (χ2n) is 8.66. The van der Waals surface area contributed by atoms with Crippen molar-refractivity contribution in [1.29, 1.82) is 0 Å². The van der Waals surface area contributed by atoms with E-state index >= 15 is 0 Å². The third kappa shape index (κ3) is 4.73. The molecule has 0 spiro atoms. The molecule has 1 unspecified atom stereocenters. The van der Waals surface area contributed by atoms with Crippen LogP contribution in [0.3, 0.4) is 0 Å². The molecule has 11 heteroatoms. The summed E-state index contributed by atoms with van der Waals surface area (Å²) in [6.07, 6.45) is 6.00. The van der Waals surface area contributed by atoms with Gasteiger partial charge in [-0.25, -0.2) is 31.7 Å². The summed E-state index contributed by atoms with van der Waals surface area (Å²) in [5.74, 6) is 0.0243. The van der Waals surface area contributed by atoms with Crippen molar-refractivity contribution in [3.05, 3.63) is 65.3 Å². The summed E-state index contributed by atoms with van der Waals surface area (Å²) in [6, 6.07) is 8.15. The van der Waals surface area contributed by atoms with E-state index in [1.807, 2.05) is 6.92 Å². The van der Waals surface area contributed by atoms with Crippen LogP contribution in [-0.4, -0.2) is 47.0 Å². The number of hydrogen-bond donors (Lipinski definition) is 2. The number of anilines is 1. The van der Waals surface area contributed by atoms with Crippen LogP contribution in [0.15, 0.2) is 53.8 Å². The first-order valence-corrected chi connectivity index (χ1v) is 13.1. The Bertz CT molecular complexity index is 1480. The van der Waals surface area contributed by atoms with E-state index in [4.69, 9.17) is 11.6 Å². The first-order valence-electron chi connectivity index (χ1n) is 11.3. The molecule has 8 nitrogen and oxygen atoms in total. The Hall–Kier alpha value is -3.08. The fourth-order valence-corrected chi connectivity index (χ4v) is 5.68. The van der Waals surface area contributed by atoms with Crippen LogP contribution in [0.25, 0.3) is 22.4 Å². The number of piperidine rings is 1. The lowest BCUT2D eigenvalue weighted by atomic mass is 10.00. The topological polar surface area (TPSA) is 102 Å². The van der Waals surface area contributed by atoms with Gasteiger partial charge in [-0.15, -0.1) is 0 Å². The standard InChI is InChI=1S/C24H24ClFN6O2S/c1-15-4-6-18(7-5-15)35(33,34)32-14-20(19-9-17(25)12-30-24(19)32)22-29-13-21(26)23(31-22)28-11-16-3-2-8-27-10-16/h4-7,9,12-14,16,27H,2-3,8,10-11H2,1H3,(H,28,29,31). The maximum Gasteiger partial charge on any atom is 0.269 e. The first-order chi connectivity index (χ1) is 16.8. The fourth-order valence-electron chi connectivity index (χ4n) is 4.20. The maximum absolute atomic E-state index is 14.5. The Morgan fingerprint density at radius 3 is 2.77 bits per heavy atom. The van der Waals surface area contributed by atoms with Crippen molar-refractivity contribution in [2.75, 3.05) is 25.0 Å². The van der Waals surface area contributed by atoms with E-state index in [-0.39, 0.29) is 22.2 Å². The Morgan fingerprint density at radius 2 is 2.03 bits per heavy atom. The molecule has 1 aliphatic rings. The SMILES string of the molecule is Cc1ccc(S(=O)(=O)n2cc(-c3ncc(F)c(NCC4CCCNC4)n3)c3cc(Cl)cnc32)cc1. The van der Waals surface area contributed by atoms with Gasteiger partial charge in [-0.2, -0.15) is 0 Å². The number of fused-ring (bicyclic) bond motifs is 1. The van der Waals surface area contributed by atoms with Gasteiger partial charge >= 0.3 is 0 Å². The molecule has 1 atom stereocenters. The number of benzene rings is 1. The third-order valence-corrected chi connectivity index (χ3v) is 7.97. The van der Waals surface area contributed by atoms with E-state index in [1.54, 1.807) is 30.3 Å². The second kappa shape index (κ2) is 9.52. The van der Waals surface area contributed by atoms with Crippen LogP contribution in [0.1, 0.15) is 18.4 Å². The molecule has 182 valence electrons. The molecule has 0 aliphatic carbocycles. The molecule has 0 saturated carbocycles. The molecule has 4 heterocycles. The van der Waals surface area contributed by atoms with Crippen LogP contribution in [0.4, 0.5) is 10.2 Å². The number of rotatable bonds is 6. The van der Waals surface area contributed by atoms with Gasteiger partial charge in [0.25, 0.3) is 10.0 Å². The Morgan fingerprint density at radius 1 is 1.23 bits per heavy atom. The first kappa shape index (κ1) is 23.7. The van der Waals surface area contributed by atoms with E-state index in [1.165, 1.54) is 12.4 Å². The van der Waals surface area contributed by atoms with Crippen molar-refractivity contribution >= 4 is 38.5 Å². The van der Waals surface area contributed by atoms with Crippen LogP contribution in [-0.2, 0) is 10.0 Å². The fraction of sp³-hybridized carbons (Fsp3) is 0.292. The number of nitrogens with one attached hydrogen (secondary N) is 2.